The number of likely N-dealkylation sites (tertiary alicyclic amines) is 1. The first-order valence-electron chi connectivity index (χ1n) is 11.4. The van der Waals surface area contributed by atoms with Gasteiger partial charge in [0.15, 0.2) is 0 Å². The van der Waals surface area contributed by atoms with Crippen LogP contribution in [0.4, 0.5) is 19.0 Å². The third kappa shape index (κ3) is 3.34. The van der Waals surface area contributed by atoms with Gasteiger partial charge in [0.2, 0.25) is 0 Å². The van der Waals surface area contributed by atoms with Gasteiger partial charge in [0.1, 0.15) is 11.6 Å². The van der Waals surface area contributed by atoms with Gasteiger partial charge in [-0.1, -0.05) is 0 Å². The minimum absolute atomic E-state index is 0.0301. The van der Waals surface area contributed by atoms with Crippen LogP contribution in [0.3, 0.4) is 0 Å². The fraction of sp³-hybridized carbons (Fsp3) is 0.522. The van der Waals surface area contributed by atoms with Crippen LogP contribution in [0.25, 0.3) is 11.3 Å². The van der Waals surface area contributed by atoms with E-state index in [2.05, 4.69) is 31.6 Å². The number of nitrogen functional groups attached to an aromatic ring is 1. The molecule has 1 aliphatic carbocycles. The highest BCUT2D eigenvalue weighted by Gasteiger charge is 2.50. The molecule has 10 heteroatoms. The zero-order valence-corrected chi connectivity index (χ0v) is 18.4. The van der Waals surface area contributed by atoms with Crippen molar-refractivity contribution in [3.63, 3.8) is 0 Å². The van der Waals surface area contributed by atoms with E-state index in [1.54, 1.807) is 0 Å². The minimum Gasteiger partial charge on any atom is -0.383 e. The number of alkyl halides is 3. The standard InChI is InChI=1S/C23H26F3N7/c1-31-9-6-28-21(31)19(14-2-3-14)32-7-4-22(13-32)5-8-33-18(22)11-17(30-33)15-10-16(23(24,25)26)20(27)29-12-15/h6,9-12,14,19H,2-5,7-8,13H2,1H3,(H2,27,29)/t19?,22-/m1/s1. The van der Waals surface area contributed by atoms with E-state index in [-0.39, 0.29) is 5.41 Å². The maximum Gasteiger partial charge on any atom is 0.419 e. The summed E-state index contributed by atoms with van der Waals surface area (Å²) in [5, 5.41) is 4.65. The zero-order chi connectivity index (χ0) is 23.0. The molecule has 0 amide bonds. The van der Waals surface area contributed by atoms with Crippen LogP contribution in [0.2, 0.25) is 0 Å². The average Bonchev–Trinajstić information content (AvgIpc) is 3.09. The number of nitrogens with zero attached hydrogens (tertiary/aromatic N) is 6. The first-order chi connectivity index (χ1) is 15.7. The second-order valence-electron chi connectivity index (χ2n) is 9.72. The van der Waals surface area contributed by atoms with Gasteiger partial charge in [-0.2, -0.15) is 18.3 Å². The Morgan fingerprint density at radius 2 is 1.94 bits per heavy atom. The van der Waals surface area contributed by atoms with Crippen molar-refractivity contribution in [3.05, 3.63) is 47.8 Å². The Morgan fingerprint density at radius 3 is 2.64 bits per heavy atom. The van der Waals surface area contributed by atoms with Gasteiger partial charge in [0, 0.05) is 55.4 Å². The number of nitrogens with two attached hydrogens (primary N) is 1. The molecule has 6 rings (SSSR count). The Labute approximate surface area is 189 Å². The number of aryl methyl sites for hydroxylation is 2. The molecule has 1 saturated heterocycles. The molecule has 3 aromatic heterocycles. The van der Waals surface area contributed by atoms with Crippen LogP contribution in [0.5, 0.6) is 0 Å². The largest absolute Gasteiger partial charge is 0.419 e. The van der Waals surface area contributed by atoms with Crippen LogP contribution < -0.4 is 5.73 Å². The van der Waals surface area contributed by atoms with Crippen molar-refractivity contribution in [3.8, 4) is 11.3 Å². The molecule has 2 aliphatic heterocycles. The van der Waals surface area contributed by atoms with E-state index < -0.39 is 17.6 Å². The van der Waals surface area contributed by atoms with Crippen molar-refractivity contribution in [2.24, 2.45) is 13.0 Å². The van der Waals surface area contributed by atoms with Crippen molar-refractivity contribution < 1.29 is 13.2 Å². The average molecular weight is 458 g/mol. The lowest BCUT2D eigenvalue weighted by Crippen LogP contribution is -2.34. The third-order valence-corrected chi connectivity index (χ3v) is 7.61. The highest BCUT2D eigenvalue weighted by Crippen LogP contribution is 2.50. The lowest BCUT2D eigenvalue weighted by molar-refractivity contribution is -0.137. The Hall–Kier alpha value is -2.88. The maximum absolute atomic E-state index is 13.3. The SMILES string of the molecule is Cn1ccnc1C(C1CC1)N1CC[C@@]2(CCn3nc(-c4cnc(N)c(C(F)(F)F)c4)cc32)C1. The van der Waals surface area contributed by atoms with Crippen LogP contribution >= 0.6 is 0 Å². The summed E-state index contributed by atoms with van der Waals surface area (Å²) in [6, 6.07) is 3.33. The van der Waals surface area contributed by atoms with Crippen molar-refractivity contribution in [1.82, 2.24) is 29.2 Å². The van der Waals surface area contributed by atoms with Crippen molar-refractivity contribution in [2.75, 3.05) is 18.8 Å². The third-order valence-electron chi connectivity index (χ3n) is 7.61. The van der Waals surface area contributed by atoms with Crippen LogP contribution in [0.1, 0.15) is 48.8 Å². The summed E-state index contributed by atoms with van der Waals surface area (Å²) in [4.78, 5) is 11.0. The highest BCUT2D eigenvalue weighted by molar-refractivity contribution is 5.63. The number of aromatic nitrogens is 5. The summed E-state index contributed by atoms with van der Waals surface area (Å²) < 4.78 is 44.1. The van der Waals surface area contributed by atoms with E-state index >= 15 is 0 Å². The molecule has 0 aromatic carbocycles. The van der Waals surface area contributed by atoms with Crippen LogP contribution in [0.15, 0.2) is 30.7 Å². The number of halogens is 3. The van der Waals surface area contributed by atoms with Crippen LogP contribution in [-0.4, -0.2) is 42.3 Å². The van der Waals surface area contributed by atoms with Crippen molar-refractivity contribution >= 4 is 5.82 Å². The van der Waals surface area contributed by atoms with E-state index in [0.29, 0.717) is 23.2 Å². The molecule has 2 atom stereocenters. The second kappa shape index (κ2) is 7.06. The summed E-state index contributed by atoms with van der Waals surface area (Å²) in [5.74, 6) is 1.25. The second-order valence-corrected chi connectivity index (χ2v) is 9.72. The van der Waals surface area contributed by atoms with Crippen LogP contribution in [0, 0.1) is 5.92 Å². The van der Waals surface area contributed by atoms with Gasteiger partial charge in [0.25, 0.3) is 0 Å². The Morgan fingerprint density at radius 1 is 1.15 bits per heavy atom. The number of imidazole rings is 1. The molecule has 1 unspecified atom stereocenters. The van der Waals surface area contributed by atoms with E-state index in [9.17, 15) is 13.2 Å². The molecular weight excluding hydrogens is 431 g/mol. The Balaban J connectivity index is 1.31. The topological polar surface area (TPSA) is 77.8 Å². The first kappa shape index (κ1) is 20.7. The molecule has 2 N–H and O–H groups in total. The molecule has 5 heterocycles. The number of pyridine rings is 1. The molecule has 7 nitrogen and oxygen atoms in total. The maximum atomic E-state index is 13.3. The molecule has 1 saturated carbocycles. The number of anilines is 1. The highest BCUT2D eigenvalue weighted by atomic mass is 19.4. The van der Waals surface area contributed by atoms with Gasteiger partial charge in [-0.15, -0.1) is 0 Å². The normalized spacial score (nSPS) is 24.0. The molecule has 33 heavy (non-hydrogen) atoms. The van der Waals surface area contributed by atoms with Crippen LogP contribution in [-0.2, 0) is 25.2 Å². The lowest BCUT2D eigenvalue weighted by Gasteiger charge is -2.30. The van der Waals surface area contributed by atoms with Gasteiger partial charge >= 0.3 is 6.18 Å². The predicted octanol–water partition coefficient (Wildman–Crippen LogP) is 3.78. The number of hydrogen-bond acceptors (Lipinski definition) is 5. The first-order valence-corrected chi connectivity index (χ1v) is 11.4. The quantitative estimate of drug-likeness (QED) is 0.645. The molecule has 0 bridgehead atoms. The minimum atomic E-state index is -4.55. The Kier molecular flexibility index (Phi) is 4.43. The fourth-order valence-electron chi connectivity index (χ4n) is 5.75. The smallest absolute Gasteiger partial charge is 0.383 e. The lowest BCUT2D eigenvalue weighted by atomic mass is 9.82. The predicted molar refractivity (Wildman–Crippen MR) is 116 cm³/mol. The van der Waals surface area contributed by atoms with E-state index in [0.717, 1.165) is 50.1 Å². The van der Waals surface area contributed by atoms with Gasteiger partial charge in [-0.05, 0) is 50.3 Å². The van der Waals surface area contributed by atoms with E-state index in [4.69, 9.17) is 5.73 Å². The van der Waals surface area contributed by atoms with Gasteiger partial charge < -0.3 is 10.3 Å². The van der Waals surface area contributed by atoms with Gasteiger partial charge in [-0.25, -0.2) is 9.97 Å². The molecule has 3 aliphatic rings. The Bertz CT molecular complexity index is 1210. The summed E-state index contributed by atoms with van der Waals surface area (Å²) in [5.41, 5.74) is 6.49. The summed E-state index contributed by atoms with van der Waals surface area (Å²) in [6.07, 6.45) is 5.17. The summed E-state index contributed by atoms with van der Waals surface area (Å²) in [6.45, 7) is 2.67. The van der Waals surface area contributed by atoms with Crippen molar-refractivity contribution in [2.45, 2.75) is 49.9 Å². The summed E-state index contributed by atoms with van der Waals surface area (Å²) >= 11 is 0. The van der Waals surface area contributed by atoms with Gasteiger partial charge in [-0.3, -0.25) is 9.58 Å². The zero-order valence-electron chi connectivity index (χ0n) is 18.4. The van der Waals surface area contributed by atoms with E-state index in [1.165, 1.54) is 19.0 Å². The number of fused-ring (bicyclic) bond motifs is 2. The van der Waals surface area contributed by atoms with E-state index in [1.807, 2.05) is 23.1 Å². The molecule has 1 spiro atoms. The summed E-state index contributed by atoms with van der Waals surface area (Å²) in [7, 11) is 2.05. The molecular formula is C23H26F3N7. The molecule has 174 valence electrons. The number of rotatable bonds is 4. The molecule has 0 radical (unpaired) electrons. The molecule has 2 fully saturated rings. The van der Waals surface area contributed by atoms with Gasteiger partial charge in [0.05, 0.1) is 17.3 Å². The number of hydrogen-bond donors (Lipinski definition) is 1. The molecule has 3 aromatic rings. The van der Waals surface area contributed by atoms with Crippen molar-refractivity contribution in [1.29, 1.82) is 0 Å². The fourth-order valence-corrected chi connectivity index (χ4v) is 5.75. The monoisotopic (exact) mass is 457 g/mol.